The van der Waals surface area contributed by atoms with E-state index in [9.17, 15) is 9.59 Å². The van der Waals surface area contributed by atoms with Crippen LogP contribution in [0.5, 0.6) is 0 Å². The zero-order chi connectivity index (χ0) is 15.4. The van der Waals surface area contributed by atoms with Crippen LogP contribution in [0.15, 0.2) is 18.2 Å². The highest BCUT2D eigenvalue weighted by Gasteiger charge is 2.29. The highest BCUT2D eigenvalue weighted by Crippen LogP contribution is 2.27. The van der Waals surface area contributed by atoms with Crippen molar-refractivity contribution in [3.8, 4) is 0 Å². The molecule has 1 amide bonds. The van der Waals surface area contributed by atoms with Gasteiger partial charge in [0.1, 0.15) is 0 Å². The second-order valence-electron chi connectivity index (χ2n) is 5.25. The van der Waals surface area contributed by atoms with E-state index in [4.69, 9.17) is 16.7 Å². The standard InChI is InChI=1S/C15H19ClN2O3/c1-2-7-18(11-4-5-11)9-14(19)17-13-8-10(15(20)21)3-6-12(13)16/h3,6,8,11H,2,4-5,7,9H2,1H3,(H,17,19)(H,20,21). The molecule has 0 atom stereocenters. The van der Waals surface area contributed by atoms with Crippen LogP contribution in [0.1, 0.15) is 36.5 Å². The zero-order valence-corrected chi connectivity index (χ0v) is 12.7. The molecule has 0 bridgehead atoms. The predicted octanol–water partition coefficient (Wildman–Crippen LogP) is 2.85. The minimum atomic E-state index is -1.05. The molecule has 0 saturated heterocycles. The van der Waals surface area contributed by atoms with E-state index < -0.39 is 5.97 Å². The molecule has 1 saturated carbocycles. The van der Waals surface area contributed by atoms with Crippen LogP contribution in [0.25, 0.3) is 0 Å². The SMILES string of the molecule is CCCN(CC(=O)Nc1cc(C(=O)O)ccc1Cl)C1CC1. The van der Waals surface area contributed by atoms with Gasteiger partial charge in [0.15, 0.2) is 0 Å². The van der Waals surface area contributed by atoms with Gasteiger partial charge in [-0.1, -0.05) is 18.5 Å². The Morgan fingerprint density at radius 2 is 2.14 bits per heavy atom. The largest absolute Gasteiger partial charge is 0.478 e. The lowest BCUT2D eigenvalue weighted by Crippen LogP contribution is -2.35. The molecule has 1 fully saturated rings. The summed E-state index contributed by atoms with van der Waals surface area (Å²) >= 11 is 6.00. The van der Waals surface area contributed by atoms with Gasteiger partial charge in [0, 0.05) is 6.04 Å². The molecular weight excluding hydrogens is 292 g/mol. The number of nitrogens with one attached hydrogen (secondary N) is 1. The predicted molar refractivity (Wildman–Crippen MR) is 81.9 cm³/mol. The van der Waals surface area contributed by atoms with Crippen LogP contribution in [0.4, 0.5) is 5.69 Å². The number of carbonyl (C=O) groups is 2. The molecule has 0 aliphatic heterocycles. The third kappa shape index (κ3) is 4.44. The van der Waals surface area contributed by atoms with Gasteiger partial charge >= 0.3 is 5.97 Å². The first-order valence-corrected chi connectivity index (χ1v) is 7.45. The van der Waals surface area contributed by atoms with Crippen LogP contribution in [0.2, 0.25) is 5.02 Å². The van der Waals surface area contributed by atoms with Crippen molar-refractivity contribution in [2.24, 2.45) is 0 Å². The lowest BCUT2D eigenvalue weighted by Gasteiger charge is -2.20. The van der Waals surface area contributed by atoms with E-state index in [1.54, 1.807) is 0 Å². The smallest absolute Gasteiger partial charge is 0.335 e. The molecule has 1 aliphatic rings. The van der Waals surface area contributed by atoms with Crippen molar-refractivity contribution < 1.29 is 14.7 Å². The molecule has 1 aliphatic carbocycles. The number of carboxylic acid groups (broad SMARTS) is 1. The molecule has 2 N–H and O–H groups in total. The van der Waals surface area contributed by atoms with Crippen LogP contribution in [0, 0.1) is 0 Å². The Morgan fingerprint density at radius 3 is 2.71 bits per heavy atom. The van der Waals surface area contributed by atoms with Crippen LogP contribution >= 0.6 is 11.6 Å². The Kier molecular flexibility index (Phi) is 5.20. The molecule has 1 aromatic carbocycles. The number of halogens is 1. The Hall–Kier alpha value is -1.59. The lowest BCUT2D eigenvalue weighted by molar-refractivity contribution is -0.117. The number of hydrogen-bond acceptors (Lipinski definition) is 3. The molecule has 0 heterocycles. The van der Waals surface area contributed by atoms with Crippen molar-refractivity contribution >= 4 is 29.2 Å². The minimum Gasteiger partial charge on any atom is -0.478 e. The van der Waals surface area contributed by atoms with E-state index in [0.29, 0.717) is 23.3 Å². The number of carboxylic acids is 1. The lowest BCUT2D eigenvalue weighted by atomic mass is 10.2. The molecule has 0 radical (unpaired) electrons. The average molecular weight is 311 g/mol. The van der Waals surface area contributed by atoms with Gasteiger partial charge in [-0.05, 0) is 44.0 Å². The highest BCUT2D eigenvalue weighted by atomic mass is 35.5. The molecule has 2 rings (SSSR count). The van der Waals surface area contributed by atoms with E-state index in [2.05, 4.69) is 17.1 Å². The first kappa shape index (κ1) is 15.8. The van der Waals surface area contributed by atoms with Gasteiger partial charge in [-0.3, -0.25) is 9.69 Å². The number of hydrogen-bond donors (Lipinski definition) is 2. The van der Waals surface area contributed by atoms with Gasteiger partial charge in [-0.25, -0.2) is 4.79 Å². The summed E-state index contributed by atoms with van der Waals surface area (Å²) in [5.74, 6) is -1.22. The van der Waals surface area contributed by atoms with Gasteiger partial charge in [-0.2, -0.15) is 0 Å². The second kappa shape index (κ2) is 6.91. The van der Waals surface area contributed by atoms with Gasteiger partial charge in [0.2, 0.25) is 5.91 Å². The van der Waals surface area contributed by atoms with Crippen LogP contribution in [-0.4, -0.2) is 41.0 Å². The zero-order valence-electron chi connectivity index (χ0n) is 11.9. The number of rotatable bonds is 7. The fraction of sp³-hybridized carbons (Fsp3) is 0.467. The summed E-state index contributed by atoms with van der Waals surface area (Å²) in [5.41, 5.74) is 0.441. The number of benzene rings is 1. The van der Waals surface area contributed by atoms with Crippen molar-refractivity contribution in [2.45, 2.75) is 32.2 Å². The maximum atomic E-state index is 12.1. The first-order chi connectivity index (χ1) is 10.0. The van der Waals surface area contributed by atoms with E-state index >= 15 is 0 Å². The minimum absolute atomic E-state index is 0.0994. The molecule has 0 spiro atoms. The van der Waals surface area contributed by atoms with Crippen LogP contribution in [-0.2, 0) is 4.79 Å². The number of anilines is 1. The van der Waals surface area contributed by atoms with Crippen molar-refractivity contribution in [3.63, 3.8) is 0 Å². The fourth-order valence-corrected chi connectivity index (χ4v) is 2.41. The summed E-state index contributed by atoms with van der Waals surface area (Å²) < 4.78 is 0. The quantitative estimate of drug-likeness (QED) is 0.812. The van der Waals surface area contributed by atoms with E-state index in [0.717, 1.165) is 25.8 Å². The third-order valence-electron chi connectivity index (χ3n) is 3.41. The summed E-state index contributed by atoms with van der Waals surface area (Å²) in [5, 5.41) is 12.0. The van der Waals surface area contributed by atoms with E-state index in [1.807, 2.05) is 0 Å². The van der Waals surface area contributed by atoms with Gasteiger partial charge in [0.25, 0.3) is 0 Å². The molecule has 0 unspecified atom stereocenters. The number of aromatic carboxylic acids is 1. The van der Waals surface area contributed by atoms with Crippen molar-refractivity contribution in [2.75, 3.05) is 18.4 Å². The van der Waals surface area contributed by atoms with Crippen molar-refractivity contribution in [3.05, 3.63) is 28.8 Å². The molecule has 6 heteroatoms. The summed E-state index contributed by atoms with van der Waals surface area (Å²) in [6.07, 6.45) is 3.28. The van der Waals surface area contributed by atoms with Gasteiger partial charge < -0.3 is 10.4 Å². The van der Waals surface area contributed by atoms with E-state index in [1.165, 1.54) is 18.2 Å². The monoisotopic (exact) mass is 310 g/mol. The summed E-state index contributed by atoms with van der Waals surface area (Å²) in [6.45, 7) is 3.29. The van der Waals surface area contributed by atoms with Crippen molar-refractivity contribution in [1.82, 2.24) is 4.90 Å². The maximum Gasteiger partial charge on any atom is 0.335 e. The highest BCUT2D eigenvalue weighted by molar-refractivity contribution is 6.33. The van der Waals surface area contributed by atoms with E-state index in [-0.39, 0.29) is 11.5 Å². The van der Waals surface area contributed by atoms with Gasteiger partial charge in [0.05, 0.1) is 22.8 Å². The molecule has 1 aromatic rings. The average Bonchev–Trinajstić information content (AvgIpc) is 3.25. The molecular formula is C15H19ClN2O3. The normalized spacial score (nSPS) is 14.2. The first-order valence-electron chi connectivity index (χ1n) is 7.08. The Morgan fingerprint density at radius 1 is 1.43 bits per heavy atom. The Labute approximate surface area is 128 Å². The fourth-order valence-electron chi connectivity index (χ4n) is 2.25. The molecule has 21 heavy (non-hydrogen) atoms. The summed E-state index contributed by atoms with van der Waals surface area (Å²) in [6, 6.07) is 4.78. The molecule has 0 aromatic heterocycles. The second-order valence-corrected chi connectivity index (χ2v) is 5.66. The van der Waals surface area contributed by atoms with Crippen LogP contribution < -0.4 is 5.32 Å². The maximum absolute atomic E-state index is 12.1. The summed E-state index contributed by atoms with van der Waals surface area (Å²) in [4.78, 5) is 25.2. The topological polar surface area (TPSA) is 69.6 Å². The third-order valence-corrected chi connectivity index (χ3v) is 3.74. The molecule has 5 nitrogen and oxygen atoms in total. The van der Waals surface area contributed by atoms with Gasteiger partial charge in [-0.15, -0.1) is 0 Å². The Balaban J connectivity index is 2.01. The number of amides is 1. The number of nitrogens with zero attached hydrogens (tertiary/aromatic N) is 1. The number of carbonyl (C=O) groups excluding carboxylic acids is 1. The summed E-state index contributed by atoms with van der Waals surface area (Å²) in [7, 11) is 0. The Bertz CT molecular complexity index is 544. The molecule has 114 valence electrons. The van der Waals surface area contributed by atoms with Crippen molar-refractivity contribution in [1.29, 1.82) is 0 Å². The van der Waals surface area contributed by atoms with Crippen LogP contribution in [0.3, 0.4) is 0 Å².